The van der Waals surface area contributed by atoms with Crippen LogP contribution in [0.4, 0.5) is 0 Å². The van der Waals surface area contributed by atoms with Crippen LogP contribution in [-0.4, -0.2) is 99.5 Å². The monoisotopic (exact) mass is 681 g/mol. The predicted molar refractivity (Wildman–Crippen MR) is 174 cm³/mol. The maximum atomic E-state index is 13.7. The third-order valence-corrected chi connectivity index (χ3v) is 12.0. The van der Waals surface area contributed by atoms with Gasteiger partial charge in [0.05, 0.1) is 0 Å². The van der Waals surface area contributed by atoms with E-state index in [1.54, 1.807) is 12.1 Å². The Morgan fingerprint density at radius 1 is 0.956 bits per heavy atom. The Morgan fingerprint density at radius 3 is 2.18 bits per heavy atom. The summed E-state index contributed by atoms with van der Waals surface area (Å²) in [7, 11) is 2.11. The number of aliphatic carboxylic acids is 1. The maximum absolute atomic E-state index is 13.7. The number of hydrogen-bond acceptors (Lipinski definition) is 6. The van der Waals surface area contributed by atoms with Crippen LogP contribution in [0.5, 0.6) is 0 Å². The first kappa shape index (κ1) is 34.6. The van der Waals surface area contributed by atoms with Crippen molar-refractivity contribution in [1.82, 2.24) is 20.4 Å². The normalized spacial score (nSPS) is 20.4. The zero-order chi connectivity index (χ0) is 32.5. The number of carbonyl (C=O) groups excluding carboxylic acids is 4. The van der Waals surface area contributed by atoms with Crippen LogP contribution in [-0.2, 0) is 14.4 Å². The van der Waals surface area contributed by atoms with Gasteiger partial charge in [0.1, 0.15) is 0 Å². The van der Waals surface area contributed by atoms with Gasteiger partial charge in [-0.1, -0.05) is 0 Å². The standard InChI is InChI=1S/C34H46AsN4O6/c1-22(2)19-28(30(40)37-29-13-7-10-17-38(3)16-9-4-8-15-36-31(29)41)35-27(34(44)45)14-18-39-32(42)25-20-23-11-5-6-12-24(23)21-26(25)33(39)43/h5-6,11-12,20-22,27-29H,4,7-10,13-19H2,1-3H3,(H,36,41)(H,37,40)(H,44,45)/t27?,28-,29+/m1/s1. The van der Waals surface area contributed by atoms with Crippen molar-refractivity contribution in [3.05, 3.63) is 47.5 Å². The van der Waals surface area contributed by atoms with Gasteiger partial charge < -0.3 is 0 Å². The summed E-state index contributed by atoms with van der Waals surface area (Å²) in [5.41, 5.74) is 0.655. The summed E-state index contributed by atoms with van der Waals surface area (Å²) in [6.07, 6.45) is 5.79. The van der Waals surface area contributed by atoms with Crippen molar-refractivity contribution in [3.8, 4) is 0 Å². The molecule has 2 aliphatic rings. The van der Waals surface area contributed by atoms with Crippen LogP contribution in [0, 0.1) is 5.92 Å². The molecule has 0 aromatic heterocycles. The van der Waals surface area contributed by atoms with Gasteiger partial charge in [-0.2, -0.15) is 0 Å². The van der Waals surface area contributed by atoms with Gasteiger partial charge in [-0.05, 0) is 0 Å². The van der Waals surface area contributed by atoms with E-state index in [0.717, 1.165) is 60.9 Å². The molecule has 1 fully saturated rings. The Kier molecular flexibility index (Phi) is 12.6. The summed E-state index contributed by atoms with van der Waals surface area (Å²) < 4.78 is -1.40. The molecule has 0 spiro atoms. The number of fused-ring (bicyclic) bond motifs is 2. The summed E-state index contributed by atoms with van der Waals surface area (Å²) in [4.78, 5) is 69.0. The Hall–Kier alpha value is -3.23. The fraction of sp³-hybridized carbons (Fsp3) is 0.559. The molecule has 10 nitrogen and oxygen atoms in total. The number of amides is 4. The SMILES string of the molecule is CC(C)C[C@@H]([As]C(CCN1C(=O)c2cc3ccccc3cc2C1=O)C(=O)O)C(=O)N[C@H]1CCCCN(C)CCCCCNC1=O. The molecule has 2 aromatic rings. The van der Waals surface area contributed by atoms with E-state index in [4.69, 9.17) is 0 Å². The average Bonchev–Trinajstić information content (AvgIpc) is 3.24. The topological polar surface area (TPSA) is 136 Å². The first-order valence-electron chi connectivity index (χ1n) is 16.1. The van der Waals surface area contributed by atoms with E-state index in [1.165, 1.54) is 0 Å². The molecule has 3 N–H and O–H groups in total. The summed E-state index contributed by atoms with van der Waals surface area (Å²) in [6.45, 7) is 6.47. The predicted octanol–water partition coefficient (Wildman–Crippen LogP) is 4.12. The fourth-order valence-electron chi connectivity index (χ4n) is 5.99. The first-order chi connectivity index (χ1) is 21.5. The number of carboxylic acid groups (broad SMARTS) is 1. The molecule has 243 valence electrons. The van der Waals surface area contributed by atoms with Crippen LogP contribution in [0.1, 0.15) is 85.9 Å². The first-order valence-corrected chi connectivity index (χ1v) is 18.3. The van der Waals surface area contributed by atoms with Gasteiger partial charge in [-0.3, -0.25) is 0 Å². The van der Waals surface area contributed by atoms with Gasteiger partial charge in [0.2, 0.25) is 0 Å². The van der Waals surface area contributed by atoms with Crippen molar-refractivity contribution in [2.75, 3.05) is 33.2 Å². The number of nitrogens with one attached hydrogen (secondary N) is 2. The van der Waals surface area contributed by atoms with Crippen molar-refractivity contribution < 1.29 is 29.1 Å². The molecule has 2 aliphatic heterocycles. The zero-order valence-electron chi connectivity index (χ0n) is 26.6. The van der Waals surface area contributed by atoms with Gasteiger partial charge in [0.15, 0.2) is 0 Å². The van der Waals surface area contributed by atoms with E-state index < -0.39 is 49.0 Å². The van der Waals surface area contributed by atoms with E-state index in [-0.39, 0.29) is 30.7 Å². The Balaban J connectivity index is 1.42. The number of benzene rings is 2. The summed E-state index contributed by atoms with van der Waals surface area (Å²) >= 11 is -1.05. The summed E-state index contributed by atoms with van der Waals surface area (Å²) in [5, 5.41) is 17.8. The second kappa shape index (κ2) is 16.4. The van der Waals surface area contributed by atoms with Crippen LogP contribution >= 0.6 is 0 Å². The molecule has 1 radical (unpaired) electrons. The number of rotatable bonds is 10. The molecular weight excluding hydrogens is 635 g/mol. The Bertz CT molecular complexity index is 1340. The molecular formula is C34H46AsN4O6. The van der Waals surface area contributed by atoms with E-state index in [9.17, 15) is 29.1 Å². The van der Waals surface area contributed by atoms with Crippen molar-refractivity contribution >= 4 is 56.1 Å². The molecule has 3 atom stereocenters. The minimum absolute atomic E-state index is 0.0369. The molecule has 4 amide bonds. The quantitative estimate of drug-likeness (QED) is 0.254. The van der Waals surface area contributed by atoms with Crippen molar-refractivity contribution in [2.45, 2.75) is 80.7 Å². The molecule has 1 unspecified atom stereocenters. The number of carboxylic acids is 1. The van der Waals surface area contributed by atoms with Gasteiger partial charge in [0, 0.05) is 0 Å². The van der Waals surface area contributed by atoms with Crippen LogP contribution in [0.25, 0.3) is 10.8 Å². The Labute approximate surface area is 272 Å². The zero-order valence-corrected chi connectivity index (χ0v) is 28.5. The molecule has 45 heavy (non-hydrogen) atoms. The van der Waals surface area contributed by atoms with E-state index in [0.29, 0.717) is 30.5 Å². The second-order valence-corrected chi connectivity index (χ2v) is 15.9. The third kappa shape index (κ3) is 9.39. The third-order valence-electron chi connectivity index (χ3n) is 8.54. The Morgan fingerprint density at radius 2 is 1.58 bits per heavy atom. The van der Waals surface area contributed by atoms with Crippen molar-refractivity contribution in [3.63, 3.8) is 0 Å². The molecule has 2 aromatic carbocycles. The summed E-state index contributed by atoms with van der Waals surface area (Å²) in [5.74, 6) is -2.23. The molecule has 1 saturated heterocycles. The van der Waals surface area contributed by atoms with E-state index >= 15 is 0 Å². The van der Waals surface area contributed by atoms with E-state index in [2.05, 4.69) is 22.6 Å². The van der Waals surface area contributed by atoms with Crippen LogP contribution in [0.15, 0.2) is 36.4 Å². The van der Waals surface area contributed by atoms with Crippen LogP contribution in [0.2, 0.25) is 9.41 Å². The summed E-state index contributed by atoms with van der Waals surface area (Å²) in [6, 6.07) is 10.3. The number of carbonyl (C=O) groups is 5. The van der Waals surface area contributed by atoms with Gasteiger partial charge in [0.25, 0.3) is 0 Å². The fourth-order valence-corrected chi connectivity index (χ4v) is 9.30. The molecule has 2 heterocycles. The molecule has 11 heteroatoms. The van der Waals surface area contributed by atoms with Crippen molar-refractivity contribution in [1.29, 1.82) is 0 Å². The van der Waals surface area contributed by atoms with Gasteiger partial charge >= 0.3 is 273 Å². The number of hydrogen-bond donors (Lipinski definition) is 3. The number of imide groups is 1. The van der Waals surface area contributed by atoms with Crippen molar-refractivity contribution in [2.24, 2.45) is 5.92 Å². The average molecular weight is 682 g/mol. The molecule has 0 aliphatic carbocycles. The molecule has 0 bridgehead atoms. The minimum atomic E-state index is -1.05. The van der Waals surface area contributed by atoms with E-state index in [1.807, 2.05) is 38.1 Å². The molecule has 4 rings (SSSR count). The second-order valence-electron chi connectivity index (χ2n) is 12.7. The van der Waals surface area contributed by atoms with Gasteiger partial charge in [-0.25, -0.2) is 0 Å². The van der Waals surface area contributed by atoms with Crippen LogP contribution in [0.3, 0.4) is 0 Å². The van der Waals surface area contributed by atoms with Gasteiger partial charge in [-0.15, -0.1) is 0 Å². The van der Waals surface area contributed by atoms with Crippen LogP contribution < -0.4 is 10.6 Å². The number of nitrogens with zero attached hydrogens (tertiary/aromatic N) is 2. The molecule has 0 saturated carbocycles.